The molecule has 0 saturated carbocycles. The summed E-state index contributed by atoms with van der Waals surface area (Å²) in [5.74, 6) is 0.940. The predicted octanol–water partition coefficient (Wildman–Crippen LogP) is 3.33. The highest BCUT2D eigenvalue weighted by molar-refractivity contribution is 5.23. The molecule has 3 heteroatoms. The third-order valence-electron chi connectivity index (χ3n) is 2.73. The van der Waals surface area contributed by atoms with Crippen LogP contribution in [-0.2, 0) is 12.8 Å². The number of hydrogen-bond donors (Lipinski definition) is 1. The molecule has 16 heavy (non-hydrogen) atoms. The number of rotatable bonds is 6. The van der Waals surface area contributed by atoms with Crippen molar-refractivity contribution in [3.63, 3.8) is 0 Å². The molecule has 0 radical (unpaired) electrons. The summed E-state index contributed by atoms with van der Waals surface area (Å²) in [5, 5.41) is 8.96. The van der Waals surface area contributed by atoms with Gasteiger partial charge < -0.3 is 4.98 Å². The molecule has 1 aromatic heterocycles. The molecule has 0 saturated heterocycles. The van der Waals surface area contributed by atoms with Crippen molar-refractivity contribution in [1.29, 1.82) is 5.26 Å². The first-order valence-corrected chi connectivity index (χ1v) is 6.20. The van der Waals surface area contributed by atoms with Gasteiger partial charge in [-0.25, -0.2) is 4.98 Å². The Labute approximate surface area is 97.9 Å². The first-order valence-electron chi connectivity index (χ1n) is 6.20. The summed E-state index contributed by atoms with van der Waals surface area (Å²) in [4.78, 5) is 7.93. The molecule has 0 fully saturated rings. The largest absolute Gasteiger partial charge is 0.346 e. The molecule has 0 amide bonds. The van der Waals surface area contributed by atoms with Gasteiger partial charge in [0.1, 0.15) is 5.82 Å². The van der Waals surface area contributed by atoms with Gasteiger partial charge in [-0.2, -0.15) is 5.26 Å². The van der Waals surface area contributed by atoms with E-state index in [0.29, 0.717) is 0 Å². The summed E-state index contributed by atoms with van der Waals surface area (Å²) in [7, 11) is 0. The molecule has 1 rings (SSSR count). The van der Waals surface area contributed by atoms with Crippen LogP contribution in [-0.4, -0.2) is 9.97 Å². The zero-order chi connectivity index (χ0) is 12.0. The van der Waals surface area contributed by atoms with Gasteiger partial charge >= 0.3 is 0 Å². The number of hydrogen-bond acceptors (Lipinski definition) is 2. The SMILES string of the molecule is CCCCc1nc(C(C)C#N)c(CCC)[nH]1. The Bertz CT molecular complexity index is 360. The van der Waals surface area contributed by atoms with Gasteiger partial charge in [-0.3, -0.25) is 0 Å². The minimum atomic E-state index is -0.104. The number of nitrogens with zero attached hydrogens (tertiary/aromatic N) is 2. The molecule has 3 nitrogen and oxygen atoms in total. The molecule has 1 N–H and O–H groups in total. The van der Waals surface area contributed by atoms with E-state index in [1.54, 1.807) is 0 Å². The van der Waals surface area contributed by atoms with Crippen LogP contribution in [0.15, 0.2) is 0 Å². The van der Waals surface area contributed by atoms with E-state index in [9.17, 15) is 0 Å². The van der Waals surface area contributed by atoms with Crippen LogP contribution < -0.4 is 0 Å². The predicted molar refractivity (Wildman–Crippen MR) is 65.2 cm³/mol. The Morgan fingerprint density at radius 1 is 1.31 bits per heavy atom. The van der Waals surface area contributed by atoms with E-state index >= 15 is 0 Å². The number of aromatic nitrogens is 2. The van der Waals surface area contributed by atoms with Crippen molar-refractivity contribution in [3.05, 3.63) is 17.2 Å². The number of nitrogens with one attached hydrogen (secondary N) is 1. The van der Waals surface area contributed by atoms with Crippen LogP contribution in [0.3, 0.4) is 0 Å². The summed E-state index contributed by atoms with van der Waals surface area (Å²) in [6.07, 6.45) is 5.39. The monoisotopic (exact) mass is 219 g/mol. The first kappa shape index (κ1) is 12.8. The van der Waals surface area contributed by atoms with Gasteiger partial charge in [0.15, 0.2) is 0 Å². The smallest absolute Gasteiger partial charge is 0.106 e. The Balaban J connectivity index is 2.87. The fourth-order valence-electron chi connectivity index (χ4n) is 1.80. The maximum absolute atomic E-state index is 8.96. The maximum Gasteiger partial charge on any atom is 0.106 e. The second kappa shape index (κ2) is 6.32. The van der Waals surface area contributed by atoms with E-state index in [4.69, 9.17) is 5.26 Å². The molecule has 0 aliphatic heterocycles. The van der Waals surface area contributed by atoms with Crippen molar-refractivity contribution in [2.24, 2.45) is 0 Å². The molecule has 0 aliphatic carbocycles. The number of nitriles is 1. The molecule has 88 valence electrons. The standard InChI is InChI=1S/C13H21N3/c1-4-6-8-12-15-11(7-5-2)13(16-12)10(3)9-14/h10H,4-8H2,1-3H3,(H,15,16). The van der Waals surface area contributed by atoms with Crippen LogP contribution in [0.1, 0.15) is 63.2 Å². The van der Waals surface area contributed by atoms with Crippen LogP contribution in [0, 0.1) is 11.3 Å². The van der Waals surface area contributed by atoms with E-state index in [1.807, 2.05) is 6.92 Å². The average molecular weight is 219 g/mol. The summed E-state index contributed by atoms with van der Waals surface area (Å²) in [6, 6.07) is 2.27. The molecule has 1 unspecified atom stereocenters. The minimum Gasteiger partial charge on any atom is -0.346 e. The van der Waals surface area contributed by atoms with Crippen LogP contribution in [0.4, 0.5) is 0 Å². The maximum atomic E-state index is 8.96. The van der Waals surface area contributed by atoms with Crippen molar-refractivity contribution in [2.45, 2.75) is 58.8 Å². The zero-order valence-electron chi connectivity index (χ0n) is 10.5. The topological polar surface area (TPSA) is 52.5 Å². The third-order valence-corrected chi connectivity index (χ3v) is 2.73. The van der Waals surface area contributed by atoms with Crippen molar-refractivity contribution in [3.8, 4) is 6.07 Å². The second-order valence-electron chi connectivity index (χ2n) is 4.25. The van der Waals surface area contributed by atoms with Crippen molar-refractivity contribution < 1.29 is 0 Å². The molecular formula is C13H21N3. The minimum absolute atomic E-state index is 0.104. The molecule has 0 aromatic carbocycles. The van der Waals surface area contributed by atoms with Crippen LogP contribution in [0.5, 0.6) is 0 Å². The summed E-state index contributed by atoms with van der Waals surface area (Å²) >= 11 is 0. The van der Waals surface area contributed by atoms with Gasteiger partial charge in [-0.05, 0) is 19.8 Å². The third kappa shape index (κ3) is 3.10. The Morgan fingerprint density at radius 3 is 2.62 bits per heavy atom. The molecule has 1 heterocycles. The highest BCUT2D eigenvalue weighted by Gasteiger charge is 2.15. The van der Waals surface area contributed by atoms with E-state index in [2.05, 4.69) is 29.9 Å². The Morgan fingerprint density at radius 2 is 2.06 bits per heavy atom. The summed E-state index contributed by atoms with van der Waals surface area (Å²) < 4.78 is 0. The lowest BCUT2D eigenvalue weighted by molar-refractivity contribution is 0.756. The number of aryl methyl sites for hydroxylation is 2. The normalized spacial score (nSPS) is 12.4. The lowest BCUT2D eigenvalue weighted by atomic mass is 10.1. The quantitative estimate of drug-likeness (QED) is 0.797. The van der Waals surface area contributed by atoms with Crippen molar-refractivity contribution in [2.75, 3.05) is 0 Å². The van der Waals surface area contributed by atoms with Gasteiger partial charge in [0.2, 0.25) is 0 Å². The van der Waals surface area contributed by atoms with Crippen LogP contribution >= 0.6 is 0 Å². The van der Waals surface area contributed by atoms with Crippen molar-refractivity contribution >= 4 is 0 Å². The lowest BCUT2D eigenvalue weighted by Crippen LogP contribution is -1.96. The van der Waals surface area contributed by atoms with Gasteiger partial charge in [-0.1, -0.05) is 26.7 Å². The molecule has 0 bridgehead atoms. The Hall–Kier alpha value is -1.30. The van der Waals surface area contributed by atoms with Crippen LogP contribution in [0.25, 0.3) is 0 Å². The summed E-state index contributed by atoms with van der Waals surface area (Å²) in [6.45, 7) is 6.24. The fraction of sp³-hybridized carbons (Fsp3) is 0.692. The van der Waals surface area contributed by atoms with Crippen LogP contribution in [0.2, 0.25) is 0 Å². The first-order chi connectivity index (χ1) is 7.72. The van der Waals surface area contributed by atoms with E-state index in [-0.39, 0.29) is 5.92 Å². The van der Waals surface area contributed by atoms with E-state index in [1.165, 1.54) is 6.42 Å². The summed E-state index contributed by atoms with van der Waals surface area (Å²) in [5.41, 5.74) is 2.11. The van der Waals surface area contributed by atoms with Gasteiger partial charge in [-0.15, -0.1) is 0 Å². The Kier molecular flexibility index (Phi) is 5.04. The fourth-order valence-corrected chi connectivity index (χ4v) is 1.80. The highest BCUT2D eigenvalue weighted by Crippen LogP contribution is 2.19. The molecular weight excluding hydrogens is 198 g/mol. The number of H-pyrrole nitrogens is 1. The van der Waals surface area contributed by atoms with E-state index in [0.717, 1.165) is 42.9 Å². The van der Waals surface area contributed by atoms with Gasteiger partial charge in [0, 0.05) is 12.1 Å². The molecule has 1 atom stereocenters. The van der Waals surface area contributed by atoms with Gasteiger partial charge in [0.25, 0.3) is 0 Å². The number of imidazole rings is 1. The lowest BCUT2D eigenvalue weighted by Gasteiger charge is -2.01. The highest BCUT2D eigenvalue weighted by atomic mass is 14.9. The zero-order valence-corrected chi connectivity index (χ0v) is 10.5. The number of aromatic amines is 1. The van der Waals surface area contributed by atoms with Gasteiger partial charge in [0.05, 0.1) is 17.7 Å². The van der Waals surface area contributed by atoms with Crippen molar-refractivity contribution in [1.82, 2.24) is 9.97 Å². The molecule has 0 aliphatic rings. The molecule has 0 spiro atoms. The van der Waals surface area contributed by atoms with E-state index < -0.39 is 0 Å². The average Bonchev–Trinajstić information content (AvgIpc) is 2.69. The molecule has 1 aromatic rings. The number of unbranched alkanes of at least 4 members (excludes halogenated alkanes) is 1. The second-order valence-corrected chi connectivity index (χ2v) is 4.25.